The topological polar surface area (TPSA) is 18.5 Å². The summed E-state index contributed by atoms with van der Waals surface area (Å²) in [5.74, 6) is 0. The van der Waals surface area contributed by atoms with Gasteiger partial charge in [-0.3, -0.25) is 0 Å². The van der Waals surface area contributed by atoms with E-state index in [1.807, 2.05) is 0 Å². The maximum absolute atomic E-state index is 5.60. The molecule has 0 amide bonds. The van der Waals surface area contributed by atoms with Crippen molar-refractivity contribution in [3.05, 3.63) is 24.3 Å². The Morgan fingerprint density at radius 3 is 1.45 bits per heavy atom. The minimum Gasteiger partial charge on any atom is -0.379 e. The smallest absolute Gasteiger partial charge is 0.0572 e. The predicted octanol–water partition coefficient (Wildman–Crippen LogP) is 0.961. The van der Waals surface area contributed by atoms with Crippen LogP contribution in [0.4, 0.5) is 0 Å². The zero-order chi connectivity index (χ0) is 14.8. The number of hydrogen-bond donors (Lipinski definition) is 0. The fourth-order valence-electron chi connectivity index (χ4n) is 2.35. The van der Waals surface area contributed by atoms with Gasteiger partial charge >= 0.3 is 0 Å². The van der Waals surface area contributed by atoms with Gasteiger partial charge in [0.25, 0.3) is 0 Å². The number of rotatable bonds is 10. The lowest BCUT2D eigenvalue weighted by Crippen LogP contribution is -2.24. The third-order valence-corrected chi connectivity index (χ3v) is 7.91. The highest BCUT2D eigenvalue weighted by atomic mass is 28.2. The van der Waals surface area contributed by atoms with Crippen molar-refractivity contribution >= 4 is 29.4 Å². The Balaban J connectivity index is 2.32. The quantitative estimate of drug-likeness (QED) is 0.599. The number of benzene rings is 1. The molecule has 0 aliphatic carbocycles. The van der Waals surface area contributed by atoms with Crippen molar-refractivity contribution in [3.8, 4) is 0 Å². The van der Waals surface area contributed by atoms with E-state index >= 15 is 0 Å². The van der Waals surface area contributed by atoms with E-state index in [4.69, 9.17) is 9.47 Å². The summed E-state index contributed by atoms with van der Waals surface area (Å²) >= 11 is 0. The summed E-state index contributed by atoms with van der Waals surface area (Å²) < 4.78 is 11.2. The van der Waals surface area contributed by atoms with E-state index in [1.54, 1.807) is 10.4 Å². The van der Waals surface area contributed by atoms with Crippen LogP contribution in [0.5, 0.6) is 0 Å². The number of ether oxygens (including phenoxy) is 2. The summed E-state index contributed by atoms with van der Waals surface area (Å²) in [6, 6.07) is 11.9. The SMILES string of the molecule is CCOC(C)C[SiH2]c1ccc([SiH2]CC(C)OCC)cc1. The summed E-state index contributed by atoms with van der Waals surface area (Å²) in [4.78, 5) is 0. The van der Waals surface area contributed by atoms with Crippen LogP contribution < -0.4 is 10.4 Å². The molecule has 2 unspecified atom stereocenters. The molecular weight excluding hydrogens is 280 g/mol. The molecule has 0 saturated carbocycles. The van der Waals surface area contributed by atoms with Gasteiger partial charge in [0.15, 0.2) is 0 Å². The molecular formula is C16H30O2Si2. The Morgan fingerprint density at radius 2 is 1.15 bits per heavy atom. The first-order chi connectivity index (χ1) is 9.65. The molecule has 0 fully saturated rings. The van der Waals surface area contributed by atoms with Crippen molar-refractivity contribution in [2.24, 2.45) is 0 Å². The van der Waals surface area contributed by atoms with Gasteiger partial charge in [0, 0.05) is 13.2 Å². The highest BCUT2D eigenvalue weighted by Gasteiger charge is 2.04. The molecule has 1 aromatic carbocycles. The largest absolute Gasteiger partial charge is 0.379 e. The van der Waals surface area contributed by atoms with Crippen LogP contribution in [0.3, 0.4) is 0 Å². The van der Waals surface area contributed by atoms with E-state index < -0.39 is 0 Å². The van der Waals surface area contributed by atoms with Gasteiger partial charge in [0.1, 0.15) is 0 Å². The lowest BCUT2D eigenvalue weighted by molar-refractivity contribution is 0.0898. The van der Waals surface area contributed by atoms with Gasteiger partial charge in [-0.15, -0.1) is 0 Å². The summed E-state index contributed by atoms with van der Waals surface area (Å²) in [5, 5.41) is 3.12. The summed E-state index contributed by atoms with van der Waals surface area (Å²) in [6.45, 7) is 10.2. The van der Waals surface area contributed by atoms with Gasteiger partial charge in [-0.05, 0) is 39.8 Å². The van der Waals surface area contributed by atoms with Crippen LogP contribution in [-0.2, 0) is 9.47 Å². The van der Waals surface area contributed by atoms with Crippen LogP contribution in [0.15, 0.2) is 24.3 Å². The van der Waals surface area contributed by atoms with E-state index in [-0.39, 0.29) is 19.0 Å². The highest BCUT2D eigenvalue weighted by Crippen LogP contribution is 1.98. The lowest BCUT2D eigenvalue weighted by atomic mass is 10.4. The maximum Gasteiger partial charge on any atom is 0.0572 e. The second kappa shape index (κ2) is 10.3. The van der Waals surface area contributed by atoms with Crippen LogP contribution >= 0.6 is 0 Å². The van der Waals surface area contributed by atoms with Crippen LogP contribution in [0.1, 0.15) is 27.7 Å². The van der Waals surface area contributed by atoms with Crippen LogP contribution in [0.2, 0.25) is 12.1 Å². The molecule has 0 heterocycles. The van der Waals surface area contributed by atoms with Crippen LogP contribution in [-0.4, -0.2) is 44.5 Å². The monoisotopic (exact) mass is 310 g/mol. The van der Waals surface area contributed by atoms with Gasteiger partial charge in [-0.1, -0.05) is 34.6 Å². The van der Waals surface area contributed by atoms with Gasteiger partial charge in [0.2, 0.25) is 0 Å². The predicted molar refractivity (Wildman–Crippen MR) is 94.6 cm³/mol. The van der Waals surface area contributed by atoms with Crippen LogP contribution in [0.25, 0.3) is 0 Å². The Bertz CT molecular complexity index is 319. The zero-order valence-corrected chi connectivity index (χ0v) is 16.4. The summed E-state index contributed by atoms with van der Waals surface area (Å²) in [7, 11) is -0.334. The fourth-order valence-corrected chi connectivity index (χ4v) is 5.30. The van der Waals surface area contributed by atoms with Crippen LogP contribution in [0, 0.1) is 0 Å². The molecule has 4 heteroatoms. The molecule has 2 nitrogen and oxygen atoms in total. The summed E-state index contributed by atoms with van der Waals surface area (Å²) in [6.07, 6.45) is 0.848. The molecule has 0 N–H and O–H groups in total. The number of hydrogen-bond acceptors (Lipinski definition) is 2. The zero-order valence-electron chi connectivity index (χ0n) is 13.5. The Morgan fingerprint density at radius 1 is 0.800 bits per heavy atom. The molecule has 20 heavy (non-hydrogen) atoms. The minimum absolute atomic E-state index is 0.167. The molecule has 1 rings (SSSR count). The first-order valence-corrected chi connectivity index (χ1v) is 11.4. The van der Waals surface area contributed by atoms with E-state index in [0.29, 0.717) is 12.2 Å². The Kier molecular flexibility index (Phi) is 9.10. The first-order valence-electron chi connectivity index (χ1n) is 7.96. The molecule has 0 aromatic heterocycles. The summed E-state index contributed by atoms with van der Waals surface area (Å²) in [5.41, 5.74) is 0. The maximum atomic E-state index is 5.60. The van der Waals surface area contributed by atoms with Crippen molar-refractivity contribution in [2.45, 2.75) is 52.0 Å². The fraction of sp³-hybridized carbons (Fsp3) is 0.625. The molecule has 0 radical (unpaired) electrons. The van der Waals surface area contributed by atoms with Crippen molar-refractivity contribution < 1.29 is 9.47 Å². The van der Waals surface area contributed by atoms with E-state index in [2.05, 4.69) is 52.0 Å². The molecule has 0 bridgehead atoms. The molecule has 0 saturated heterocycles. The standard InChI is InChI=1S/C16H30O2Si2/c1-5-17-13(3)11-19-15-7-9-16(10-8-15)20-12-14(4)18-6-2/h7-10,13-14H,5-6,11-12,19-20H2,1-4H3. The Hall–Kier alpha value is -0.426. The van der Waals surface area contributed by atoms with E-state index in [9.17, 15) is 0 Å². The van der Waals surface area contributed by atoms with Crippen molar-refractivity contribution in [2.75, 3.05) is 13.2 Å². The van der Waals surface area contributed by atoms with Gasteiger partial charge in [-0.2, -0.15) is 0 Å². The first kappa shape index (κ1) is 17.6. The highest BCUT2D eigenvalue weighted by molar-refractivity contribution is 6.55. The molecule has 0 spiro atoms. The van der Waals surface area contributed by atoms with E-state index in [1.165, 1.54) is 12.1 Å². The Labute approximate surface area is 128 Å². The molecule has 0 aliphatic rings. The van der Waals surface area contributed by atoms with Crippen molar-refractivity contribution in [1.82, 2.24) is 0 Å². The minimum atomic E-state index is -0.167. The third kappa shape index (κ3) is 7.38. The third-order valence-electron chi connectivity index (χ3n) is 3.60. The van der Waals surface area contributed by atoms with Gasteiger partial charge in [-0.25, -0.2) is 0 Å². The normalized spacial score (nSPS) is 15.4. The van der Waals surface area contributed by atoms with Crippen molar-refractivity contribution in [1.29, 1.82) is 0 Å². The molecule has 2 atom stereocenters. The molecule has 1 aromatic rings. The van der Waals surface area contributed by atoms with E-state index in [0.717, 1.165) is 13.2 Å². The average molecular weight is 311 g/mol. The lowest BCUT2D eigenvalue weighted by Gasteiger charge is -2.12. The second-order valence-electron chi connectivity index (χ2n) is 5.43. The van der Waals surface area contributed by atoms with Gasteiger partial charge < -0.3 is 9.47 Å². The van der Waals surface area contributed by atoms with Gasteiger partial charge in [0.05, 0.1) is 31.2 Å². The second-order valence-corrected chi connectivity index (χ2v) is 9.21. The average Bonchev–Trinajstić information content (AvgIpc) is 2.45. The molecule has 0 aliphatic heterocycles. The van der Waals surface area contributed by atoms with Crippen molar-refractivity contribution in [3.63, 3.8) is 0 Å². The molecule has 114 valence electrons.